The molecular weight excluding hydrogens is 576 g/mol. The van der Waals surface area contributed by atoms with Crippen LogP contribution >= 0.6 is 0 Å². The van der Waals surface area contributed by atoms with Gasteiger partial charge in [-0.05, 0) is 104 Å². The molecule has 3 aromatic carbocycles. The lowest BCUT2D eigenvalue weighted by molar-refractivity contribution is -0.138. The molecule has 9 heteroatoms. The number of benzene rings is 3. The van der Waals surface area contributed by atoms with E-state index in [-0.39, 0.29) is 37.9 Å². The second-order valence-corrected chi connectivity index (χ2v) is 11.6. The predicted molar refractivity (Wildman–Crippen MR) is 167 cm³/mol. The second kappa shape index (κ2) is 15.5. The Bertz CT molecular complexity index is 1510. The van der Waals surface area contributed by atoms with Crippen LogP contribution in [0.2, 0.25) is 0 Å². The van der Waals surface area contributed by atoms with Gasteiger partial charge < -0.3 is 29.2 Å². The van der Waals surface area contributed by atoms with Crippen molar-refractivity contribution in [3.05, 3.63) is 71.3 Å². The third-order valence-corrected chi connectivity index (χ3v) is 8.07. The Morgan fingerprint density at radius 3 is 2.31 bits per heavy atom. The molecule has 0 radical (unpaired) electrons. The van der Waals surface area contributed by atoms with Crippen molar-refractivity contribution in [1.82, 2.24) is 0 Å². The Kier molecular flexibility index (Phi) is 11.0. The molecule has 1 heterocycles. The summed E-state index contributed by atoms with van der Waals surface area (Å²) in [6.45, 7) is 1.01. The van der Waals surface area contributed by atoms with Gasteiger partial charge in [0, 0.05) is 24.3 Å². The van der Waals surface area contributed by atoms with Gasteiger partial charge in [0.25, 0.3) is 0 Å². The molecule has 0 atom stereocenters. The molecule has 0 saturated heterocycles. The van der Waals surface area contributed by atoms with Crippen LogP contribution in [0.1, 0.15) is 79.3 Å². The van der Waals surface area contributed by atoms with Gasteiger partial charge in [0.05, 0.1) is 13.2 Å². The fourth-order valence-corrected chi connectivity index (χ4v) is 5.51. The number of fused-ring (bicyclic) bond motifs is 1. The molecule has 3 aromatic rings. The number of ketones is 1. The largest absolute Gasteiger partial charge is 0.494 e. The van der Waals surface area contributed by atoms with E-state index in [1.54, 1.807) is 0 Å². The van der Waals surface area contributed by atoms with Crippen molar-refractivity contribution in [2.24, 2.45) is 5.92 Å². The highest BCUT2D eigenvalue weighted by Crippen LogP contribution is 2.39. The lowest BCUT2D eigenvalue weighted by atomic mass is 9.97. The molecule has 0 spiro atoms. The quantitative estimate of drug-likeness (QED) is 0.107. The first-order valence-electron chi connectivity index (χ1n) is 15.8. The van der Waals surface area contributed by atoms with Gasteiger partial charge in [0.1, 0.15) is 11.5 Å². The van der Waals surface area contributed by atoms with Crippen LogP contribution in [0, 0.1) is 5.92 Å². The first kappa shape index (κ1) is 31.9. The Labute approximate surface area is 263 Å². The number of carbonyl (C=O) groups excluding carboxylic acids is 1. The number of carbonyl (C=O) groups is 3. The van der Waals surface area contributed by atoms with E-state index in [1.165, 1.54) is 0 Å². The molecule has 9 nitrogen and oxygen atoms in total. The number of rotatable bonds is 19. The summed E-state index contributed by atoms with van der Waals surface area (Å²) in [5.74, 6) is 1.26. The Hall–Kier alpha value is -4.53. The van der Waals surface area contributed by atoms with Crippen LogP contribution in [0.3, 0.4) is 0 Å². The normalized spacial score (nSPS) is 13.4. The number of carboxylic acid groups (broad SMARTS) is 2. The molecule has 2 N–H and O–H groups in total. The maximum absolute atomic E-state index is 12.9. The molecule has 1 aliphatic carbocycles. The van der Waals surface area contributed by atoms with Crippen molar-refractivity contribution < 1.29 is 43.5 Å². The molecule has 238 valence electrons. The van der Waals surface area contributed by atoms with E-state index in [4.69, 9.17) is 24.1 Å². The van der Waals surface area contributed by atoms with Crippen molar-refractivity contribution in [3.63, 3.8) is 0 Å². The van der Waals surface area contributed by atoms with Gasteiger partial charge in [-0.15, -0.1) is 0 Å². The lowest BCUT2D eigenvalue weighted by Crippen LogP contribution is -2.07. The maximum atomic E-state index is 12.9. The predicted octanol–water partition coefficient (Wildman–Crippen LogP) is 7.12. The monoisotopic (exact) mass is 616 g/mol. The van der Waals surface area contributed by atoms with E-state index in [0.717, 1.165) is 67.2 Å². The van der Waals surface area contributed by atoms with Crippen LogP contribution < -0.4 is 18.9 Å². The van der Waals surface area contributed by atoms with E-state index in [1.807, 2.05) is 54.6 Å². The highest BCUT2D eigenvalue weighted by atomic mass is 16.7. The highest BCUT2D eigenvalue weighted by molar-refractivity contribution is 6.00. The lowest BCUT2D eigenvalue weighted by Gasteiger charge is -2.15. The topological polar surface area (TPSA) is 129 Å². The minimum atomic E-state index is -0.868. The summed E-state index contributed by atoms with van der Waals surface area (Å²) in [4.78, 5) is 35.0. The third kappa shape index (κ3) is 9.23. The van der Waals surface area contributed by atoms with Gasteiger partial charge in [-0.25, -0.2) is 0 Å². The van der Waals surface area contributed by atoms with Crippen LogP contribution in [0.4, 0.5) is 0 Å². The first-order valence-corrected chi connectivity index (χ1v) is 15.8. The van der Waals surface area contributed by atoms with Gasteiger partial charge in [-0.3, -0.25) is 14.4 Å². The van der Waals surface area contributed by atoms with E-state index < -0.39 is 11.9 Å². The Morgan fingerprint density at radius 2 is 1.51 bits per heavy atom. The maximum Gasteiger partial charge on any atom is 0.303 e. The molecule has 1 saturated carbocycles. The Balaban J connectivity index is 1.13. The molecule has 1 fully saturated rings. The van der Waals surface area contributed by atoms with E-state index >= 15 is 0 Å². The number of aryl methyl sites for hydroxylation is 1. The van der Waals surface area contributed by atoms with Crippen molar-refractivity contribution in [3.8, 4) is 34.1 Å². The van der Waals surface area contributed by atoms with Crippen LogP contribution in [-0.4, -0.2) is 47.9 Å². The number of ether oxygens (including phenoxy) is 4. The zero-order valence-corrected chi connectivity index (χ0v) is 25.4. The van der Waals surface area contributed by atoms with Crippen molar-refractivity contribution in [2.75, 3.05) is 20.0 Å². The van der Waals surface area contributed by atoms with Gasteiger partial charge in [-0.1, -0.05) is 31.0 Å². The zero-order chi connectivity index (χ0) is 31.6. The smallest absolute Gasteiger partial charge is 0.303 e. The van der Waals surface area contributed by atoms with Crippen LogP contribution in [0.5, 0.6) is 23.0 Å². The summed E-state index contributed by atoms with van der Waals surface area (Å²) < 4.78 is 23.0. The van der Waals surface area contributed by atoms with Crippen molar-refractivity contribution >= 4 is 17.7 Å². The second-order valence-electron chi connectivity index (χ2n) is 11.6. The van der Waals surface area contributed by atoms with Gasteiger partial charge in [-0.2, -0.15) is 0 Å². The molecule has 45 heavy (non-hydrogen) atoms. The van der Waals surface area contributed by atoms with Gasteiger partial charge in [0.15, 0.2) is 17.3 Å². The number of Topliss-reactive ketones (excluding diaryl/α,β-unsaturated/α-hetero) is 1. The fourth-order valence-electron chi connectivity index (χ4n) is 5.51. The first-order chi connectivity index (χ1) is 21.9. The fraction of sp³-hybridized carbons (Fsp3) is 0.417. The van der Waals surface area contributed by atoms with Gasteiger partial charge >= 0.3 is 11.9 Å². The molecule has 2 aliphatic rings. The van der Waals surface area contributed by atoms with E-state index in [2.05, 4.69) is 0 Å². The average molecular weight is 617 g/mol. The summed E-state index contributed by atoms with van der Waals surface area (Å²) in [6.07, 6.45) is 7.20. The molecule has 0 aromatic heterocycles. The standard InChI is InChI=1S/C36H40O9/c37-34(38)10-6-18-43-31-9-5-8-24(30(31)14-16-35(39)40)7-3-1-2-4-17-42-29-20-27(19-28(21-29)36(41)25-11-12-25)26-13-15-32-33(22-26)45-23-44-32/h5,8-9,13,15,19-22,25H,1-4,6-7,10-12,14,16-18,23H2,(H,37,38)(H,39,40). The molecule has 0 unspecified atom stereocenters. The summed E-state index contributed by atoms with van der Waals surface area (Å²) in [6, 6.07) is 17.3. The van der Waals surface area contributed by atoms with Crippen LogP contribution in [0.25, 0.3) is 11.1 Å². The minimum Gasteiger partial charge on any atom is -0.494 e. The molecule has 0 bridgehead atoms. The average Bonchev–Trinajstić information content (AvgIpc) is 3.77. The summed E-state index contributed by atoms with van der Waals surface area (Å²) in [5, 5.41) is 18.1. The summed E-state index contributed by atoms with van der Waals surface area (Å²) in [7, 11) is 0. The molecular formula is C36H40O9. The molecule has 1 aliphatic heterocycles. The number of aliphatic carboxylic acids is 2. The molecule has 5 rings (SSSR count). The minimum absolute atomic E-state index is 0.00364. The van der Waals surface area contributed by atoms with Gasteiger partial charge in [0.2, 0.25) is 6.79 Å². The number of hydrogen-bond donors (Lipinski definition) is 2. The summed E-state index contributed by atoms with van der Waals surface area (Å²) >= 11 is 0. The number of unbranched alkanes of at least 4 members (excludes halogenated alkanes) is 3. The number of hydrogen-bond acceptors (Lipinski definition) is 7. The van der Waals surface area contributed by atoms with Crippen molar-refractivity contribution in [2.45, 2.75) is 70.6 Å². The summed E-state index contributed by atoms with van der Waals surface area (Å²) in [5.41, 5.74) is 4.47. The third-order valence-electron chi connectivity index (χ3n) is 8.07. The van der Waals surface area contributed by atoms with E-state index in [9.17, 15) is 19.5 Å². The zero-order valence-electron chi connectivity index (χ0n) is 25.4. The Morgan fingerprint density at radius 1 is 0.733 bits per heavy atom. The number of carboxylic acids is 2. The molecule has 0 amide bonds. The SMILES string of the molecule is O=C(O)CCCOc1cccc(CCCCCCOc2cc(C(=O)C3CC3)cc(-c3ccc4c(c3)OCO4)c2)c1CCC(=O)O. The van der Waals surface area contributed by atoms with E-state index in [0.29, 0.717) is 48.0 Å². The van der Waals surface area contributed by atoms with Crippen molar-refractivity contribution in [1.29, 1.82) is 0 Å². The highest BCUT2D eigenvalue weighted by Gasteiger charge is 2.31. The van der Waals surface area contributed by atoms with Crippen LogP contribution in [0.15, 0.2) is 54.6 Å². The van der Waals surface area contributed by atoms with Crippen LogP contribution in [-0.2, 0) is 22.4 Å².